The van der Waals surface area contributed by atoms with E-state index in [0.29, 0.717) is 22.1 Å². The van der Waals surface area contributed by atoms with Crippen LogP contribution in [0.15, 0.2) is 18.2 Å². The number of rotatable bonds is 3. The summed E-state index contributed by atoms with van der Waals surface area (Å²) in [6.07, 6.45) is 0. The first-order valence-corrected chi connectivity index (χ1v) is 8.56. The number of esters is 1. The molecule has 0 aliphatic rings. The second-order valence-corrected chi connectivity index (χ2v) is 7.06. The first kappa shape index (κ1) is 17.0. The van der Waals surface area contributed by atoms with E-state index in [1.807, 2.05) is 13.8 Å². The predicted molar refractivity (Wildman–Crippen MR) is 98.0 cm³/mol. The van der Waals surface area contributed by atoms with Crippen LogP contribution in [0.4, 0.5) is 11.5 Å². The zero-order valence-electron chi connectivity index (χ0n) is 13.1. The number of hydrogen-bond donors (Lipinski definition) is 1. The standard InChI is InChI=1S/C16H13Cl2N3O2S/c1-7-8(2)24-14-12(7)13(20-16(18)21-14)19-11-6-9(15(22)23-3)4-5-10(11)17/h4-6H,1-3H3,(H,19,20,21). The molecular formula is C16H13Cl2N3O2S. The number of nitrogens with zero attached hydrogens (tertiary/aromatic N) is 2. The van der Waals surface area contributed by atoms with Crippen LogP contribution in [0.25, 0.3) is 10.2 Å². The van der Waals surface area contributed by atoms with Gasteiger partial charge in [-0.15, -0.1) is 11.3 Å². The maximum absolute atomic E-state index is 11.7. The summed E-state index contributed by atoms with van der Waals surface area (Å²) in [6, 6.07) is 4.84. The summed E-state index contributed by atoms with van der Waals surface area (Å²) < 4.78 is 4.74. The number of aryl methyl sites for hydroxylation is 2. The van der Waals surface area contributed by atoms with Crippen molar-refractivity contribution >= 4 is 62.2 Å². The Bertz CT molecular complexity index is 956. The van der Waals surface area contributed by atoms with Gasteiger partial charge in [0.1, 0.15) is 10.6 Å². The topological polar surface area (TPSA) is 64.1 Å². The molecule has 124 valence electrons. The van der Waals surface area contributed by atoms with Crippen LogP contribution in [-0.4, -0.2) is 23.0 Å². The summed E-state index contributed by atoms with van der Waals surface area (Å²) in [6.45, 7) is 4.02. The number of anilines is 2. The van der Waals surface area contributed by atoms with Gasteiger partial charge in [0.25, 0.3) is 0 Å². The van der Waals surface area contributed by atoms with E-state index < -0.39 is 5.97 Å². The summed E-state index contributed by atoms with van der Waals surface area (Å²) in [5.74, 6) is 0.110. The molecule has 3 aromatic rings. The molecule has 1 aromatic carbocycles. The predicted octanol–water partition coefficient (Wildman–Crippen LogP) is 5.15. The first-order valence-electron chi connectivity index (χ1n) is 6.99. The highest BCUT2D eigenvalue weighted by molar-refractivity contribution is 7.18. The molecule has 2 heterocycles. The molecule has 0 spiro atoms. The SMILES string of the molecule is COC(=O)c1ccc(Cl)c(Nc2nc(Cl)nc3sc(C)c(C)c23)c1. The van der Waals surface area contributed by atoms with Gasteiger partial charge in [-0.2, -0.15) is 4.98 Å². The number of nitrogens with one attached hydrogen (secondary N) is 1. The number of benzene rings is 1. The summed E-state index contributed by atoms with van der Waals surface area (Å²) in [5.41, 5.74) is 2.01. The molecular weight excluding hydrogens is 369 g/mol. The average Bonchev–Trinajstić information content (AvgIpc) is 2.83. The van der Waals surface area contributed by atoms with Crippen molar-refractivity contribution in [3.8, 4) is 0 Å². The van der Waals surface area contributed by atoms with E-state index >= 15 is 0 Å². The van der Waals surface area contributed by atoms with Gasteiger partial charge in [-0.1, -0.05) is 11.6 Å². The number of halogens is 2. The highest BCUT2D eigenvalue weighted by Gasteiger charge is 2.16. The Morgan fingerprint density at radius 2 is 2.00 bits per heavy atom. The van der Waals surface area contributed by atoms with Crippen LogP contribution in [-0.2, 0) is 4.74 Å². The number of hydrogen-bond acceptors (Lipinski definition) is 6. The van der Waals surface area contributed by atoms with Crippen LogP contribution >= 0.6 is 34.5 Å². The van der Waals surface area contributed by atoms with Crippen molar-refractivity contribution in [2.45, 2.75) is 13.8 Å². The lowest BCUT2D eigenvalue weighted by molar-refractivity contribution is 0.0601. The van der Waals surface area contributed by atoms with Crippen molar-refractivity contribution in [1.29, 1.82) is 0 Å². The fourth-order valence-corrected chi connectivity index (χ4v) is 3.72. The molecule has 1 N–H and O–H groups in total. The number of carbonyl (C=O) groups is 1. The second-order valence-electron chi connectivity index (χ2n) is 5.12. The van der Waals surface area contributed by atoms with Gasteiger partial charge < -0.3 is 10.1 Å². The number of thiophene rings is 1. The van der Waals surface area contributed by atoms with Crippen molar-refractivity contribution in [1.82, 2.24) is 9.97 Å². The highest BCUT2D eigenvalue weighted by atomic mass is 35.5. The second kappa shape index (κ2) is 6.55. The van der Waals surface area contributed by atoms with E-state index in [9.17, 15) is 4.79 Å². The number of fused-ring (bicyclic) bond motifs is 1. The Morgan fingerprint density at radius 1 is 1.25 bits per heavy atom. The fraction of sp³-hybridized carbons (Fsp3) is 0.188. The lowest BCUT2D eigenvalue weighted by Crippen LogP contribution is -2.03. The van der Waals surface area contributed by atoms with E-state index in [-0.39, 0.29) is 5.28 Å². The monoisotopic (exact) mass is 381 g/mol. The third-order valence-electron chi connectivity index (χ3n) is 3.64. The molecule has 0 fully saturated rings. The summed E-state index contributed by atoms with van der Waals surface area (Å²) in [7, 11) is 1.33. The molecule has 0 amide bonds. The van der Waals surface area contributed by atoms with Crippen LogP contribution in [0, 0.1) is 13.8 Å². The first-order chi connectivity index (χ1) is 11.4. The van der Waals surface area contributed by atoms with Crippen LogP contribution in [0.2, 0.25) is 10.3 Å². The van der Waals surface area contributed by atoms with Crippen molar-refractivity contribution in [3.05, 3.63) is 44.5 Å². The van der Waals surface area contributed by atoms with Crippen LogP contribution in [0.3, 0.4) is 0 Å². The van der Waals surface area contributed by atoms with Gasteiger partial charge in [0.15, 0.2) is 0 Å². The van der Waals surface area contributed by atoms with E-state index in [1.54, 1.807) is 29.5 Å². The molecule has 0 aliphatic heterocycles. The average molecular weight is 382 g/mol. The van der Waals surface area contributed by atoms with Crippen molar-refractivity contribution in [3.63, 3.8) is 0 Å². The Morgan fingerprint density at radius 3 is 2.71 bits per heavy atom. The Kier molecular flexibility index (Phi) is 4.62. The van der Waals surface area contributed by atoms with Crippen molar-refractivity contribution in [2.24, 2.45) is 0 Å². The maximum Gasteiger partial charge on any atom is 0.337 e. The quantitative estimate of drug-likeness (QED) is 0.502. The number of methoxy groups -OCH3 is 1. The number of aromatic nitrogens is 2. The molecule has 5 nitrogen and oxygen atoms in total. The molecule has 3 rings (SSSR count). The Hall–Kier alpha value is -1.89. The minimum Gasteiger partial charge on any atom is -0.465 e. The minimum atomic E-state index is -0.442. The molecule has 0 saturated carbocycles. The van der Waals surface area contributed by atoms with Gasteiger partial charge in [0.05, 0.1) is 28.8 Å². The van der Waals surface area contributed by atoms with E-state index in [0.717, 1.165) is 20.7 Å². The molecule has 2 aromatic heterocycles. The molecule has 24 heavy (non-hydrogen) atoms. The molecule has 0 radical (unpaired) electrons. The molecule has 0 aliphatic carbocycles. The lowest BCUT2D eigenvalue weighted by Gasteiger charge is -2.11. The third-order valence-corrected chi connectivity index (χ3v) is 5.24. The minimum absolute atomic E-state index is 0.145. The normalized spacial score (nSPS) is 10.9. The zero-order chi connectivity index (χ0) is 17.4. The van der Waals surface area contributed by atoms with Gasteiger partial charge in [-0.25, -0.2) is 9.78 Å². The molecule has 0 saturated heterocycles. The van der Waals surface area contributed by atoms with Gasteiger partial charge in [0.2, 0.25) is 5.28 Å². The molecule has 0 unspecified atom stereocenters. The van der Waals surface area contributed by atoms with Crippen LogP contribution in [0.5, 0.6) is 0 Å². The van der Waals surface area contributed by atoms with Crippen molar-refractivity contribution < 1.29 is 9.53 Å². The smallest absolute Gasteiger partial charge is 0.337 e. The van der Waals surface area contributed by atoms with Gasteiger partial charge in [-0.05, 0) is 49.2 Å². The van der Waals surface area contributed by atoms with Crippen LogP contribution < -0.4 is 5.32 Å². The summed E-state index contributed by atoms with van der Waals surface area (Å²) in [4.78, 5) is 22.2. The van der Waals surface area contributed by atoms with Crippen molar-refractivity contribution in [2.75, 3.05) is 12.4 Å². The van der Waals surface area contributed by atoms with Crippen LogP contribution in [0.1, 0.15) is 20.8 Å². The maximum atomic E-state index is 11.7. The molecule has 0 bridgehead atoms. The van der Waals surface area contributed by atoms with E-state index in [2.05, 4.69) is 15.3 Å². The van der Waals surface area contributed by atoms with E-state index in [1.165, 1.54) is 7.11 Å². The zero-order valence-corrected chi connectivity index (χ0v) is 15.4. The Labute approximate surface area is 152 Å². The summed E-state index contributed by atoms with van der Waals surface area (Å²) >= 11 is 13.8. The highest BCUT2D eigenvalue weighted by Crippen LogP contribution is 2.36. The number of ether oxygens (including phenoxy) is 1. The van der Waals surface area contributed by atoms with Gasteiger partial charge in [0, 0.05) is 4.88 Å². The number of carbonyl (C=O) groups excluding carboxylic acids is 1. The largest absolute Gasteiger partial charge is 0.465 e. The molecule has 8 heteroatoms. The molecule has 0 atom stereocenters. The fourth-order valence-electron chi connectivity index (χ4n) is 2.31. The lowest BCUT2D eigenvalue weighted by atomic mass is 10.2. The van der Waals surface area contributed by atoms with E-state index in [4.69, 9.17) is 27.9 Å². The Balaban J connectivity index is 2.12. The van der Waals surface area contributed by atoms with Gasteiger partial charge in [-0.3, -0.25) is 0 Å². The van der Waals surface area contributed by atoms with Gasteiger partial charge >= 0.3 is 5.97 Å². The summed E-state index contributed by atoms with van der Waals surface area (Å²) in [5, 5.41) is 4.65. The third kappa shape index (κ3) is 3.05.